The second-order valence-electron chi connectivity index (χ2n) is 5.05. The lowest BCUT2D eigenvalue weighted by Crippen LogP contribution is -2.46. The van der Waals surface area contributed by atoms with Gasteiger partial charge in [-0.1, -0.05) is 23.7 Å². The van der Waals surface area contributed by atoms with Gasteiger partial charge in [0.15, 0.2) is 0 Å². The average Bonchev–Trinajstić information content (AvgIpc) is 2.47. The maximum atomic E-state index is 6.06. The van der Waals surface area contributed by atoms with Crippen LogP contribution in [0.5, 0.6) is 0 Å². The lowest BCUT2D eigenvalue weighted by Gasteiger charge is -2.37. The van der Waals surface area contributed by atoms with Crippen LogP contribution in [0.25, 0.3) is 0 Å². The molecule has 2 N–H and O–H groups in total. The number of hydrogen-bond acceptors (Lipinski definition) is 3. The van der Waals surface area contributed by atoms with Crippen molar-refractivity contribution in [1.29, 1.82) is 0 Å². The smallest absolute Gasteiger partial charge is 0.0426 e. The Balaban J connectivity index is 1.68. The number of hydrogen-bond donors (Lipinski definition) is 1. The number of halogens is 1. The van der Waals surface area contributed by atoms with Gasteiger partial charge in [0.05, 0.1) is 0 Å². The molecule has 0 spiro atoms. The van der Waals surface area contributed by atoms with E-state index in [1.54, 1.807) is 0 Å². The van der Waals surface area contributed by atoms with Crippen molar-refractivity contribution in [2.75, 3.05) is 41.7 Å². The van der Waals surface area contributed by atoms with Crippen molar-refractivity contribution < 1.29 is 0 Å². The molecule has 0 amide bonds. The molecule has 0 radical (unpaired) electrons. The molecule has 0 atom stereocenters. The quantitative estimate of drug-likeness (QED) is 0.861. The third-order valence-electron chi connectivity index (χ3n) is 3.69. The monoisotopic (exact) mass is 287 g/mol. The highest BCUT2D eigenvalue weighted by Gasteiger charge is 2.17. The van der Waals surface area contributed by atoms with Gasteiger partial charge in [0.1, 0.15) is 0 Å². The van der Waals surface area contributed by atoms with Crippen LogP contribution < -0.4 is 15.5 Å². The van der Waals surface area contributed by atoms with Crippen molar-refractivity contribution in [1.82, 2.24) is 0 Å². The highest BCUT2D eigenvalue weighted by Crippen LogP contribution is 2.23. The molecule has 1 aliphatic heterocycles. The second kappa shape index (κ2) is 5.63. The Morgan fingerprint density at radius 2 is 1.35 bits per heavy atom. The number of anilines is 3. The maximum absolute atomic E-state index is 6.06. The van der Waals surface area contributed by atoms with E-state index in [9.17, 15) is 0 Å². The van der Waals surface area contributed by atoms with Crippen molar-refractivity contribution in [3.05, 3.63) is 53.6 Å². The molecule has 0 saturated carbocycles. The van der Waals surface area contributed by atoms with Crippen LogP contribution in [-0.4, -0.2) is 26.2 Å². The molecular weight excluding hydrogens is 270 g/mol. The number of rotatable bonds is 2. The Bertz CT molecular complexity index is 538. The summed E-state index contributed by atoms with van der Waals surface area (Å²) < 4.78 is 0. The minimum absolute atomic E-state index is 0.792. The van der Waals surface area contributed by atoms with Crippen LogP contribution in [0.15, 0.2) is 48.5 Å². The summed E-state index contributed by atoms with van der Waals surface area (Å²) >= 11 is 6.06. The van der Waals surface area contributed by atoms with Crippen molar-refractivity contribution in [2.45, 2.75) is 0 Å². The predicted octanol–water partition coefficient (Wildman–Crippen LogP) is 3.25. The molecule has 0 bridgehead atoms. The predicted molar refractivity (Wildman–Crippen MR) is 86.7 cm³/mol. The largest absolute Gasteiger partial charge is 0.399 e. The van der Waals surface area contributed by atoms with Crippen molar-refractivity contribution in [3.8, 4) is 0 Å². The van der Waals surface area contributed by atoms with Crippen LogP contribution in [0.2, 0.25) is 5.02 Å². The van der Waals surface area contributed by atoms with E-state index in [-0.39, 0.29) is 0 Å². The molecule has 1 fully saturated rings. The number of nitrogens with zero attached hydrogens (tertiary/aromatic N) is 2. The Morgan fingerprint density at radius 3 is 1.90 bits per heavy atom. The van der Waals surface area contributed by atoms with Gasteiger partial charge >= 0.3 is 0 Å². The number of piperazine rings is 1. The molecule has 0 aliphatic carbocycles. The van der Waals surface area contributed by atoms with Gasteiger partial charge in [-0.2, -0.15) is 0 Å². The van der Waals surface area contributed by atoms with Crippen molar-refractivity contribution >= 4 is 28.7 Å². The van der Waals surface area contributed by atoms with E-state index in [4.69, 9.17) is 17.3 Å². The molecule has 0 unspecified atom stereocenters. The molecule has 1 saturated heterocycles. The third-order valence-corrected chi connectivity index (χ3v) is 3.92. The fourth-order valence-corrected chi connectivity index (χ4v) is 2.80. The van der Waals surface area contributed by atoms with Crippen LogP contribution in [0, 0.1) is 0 Å². The fourth-order valence-electron chi connectivity index (χ4n) is 2.62. The van der Waals surface area contributed by atoms with E-state index in [0.29, 0.717) is 0 Å². The first-order valence-electron chi connectivity index (χ1n) is 6.83. The molecule has 3 rings (SSSR count). The van der Waals surface area contributed by atoms with Gasteiger partial charge in [0.2, 0.25) is 0 Å². The first kappa shape index (κ1) is 13.1. The summed E-state index contributed by atoms with van der Waals surface area (Å²) in [5.74, 6) is 0. The maximum Gasteiger partial charge on any atom is 0.0426 e. The molecule has 2 aromatic carbocycles. The van der Waals surface area contributed by atoms with E-state index in [1.165, 1.54) is 11.4 Å². The van der Waals surface area contributed by atoms with Gasteiger partial charge in [-0.15, -0.1) is 0 Å². The highest BCUT2D eigenvalue weighted by molar-refractivity contribution is 6.30. The lowest BCUT2D eigenvalue weighted by molar-refractivity contribution is 0.654. The van der Waals surface area contributed by atoms with E-state index in [0.717, 1.165) is 36.9 Å². The zero-order valence-electron chi connectivity index (χ0n) is 11.3. The standard InChI is InChI=1S/C16H18ClN3/c17-13-3-1-5-15(11-13)19-7-9-20(10-8-19)16-6-2-4-14(18)12-16/h1-6,11-12H,7-10,18H2. The Hall–Kier alpha value is -1.87. The Morgan fingerprint density at radius 1 is 0.800 bits per heavy atom. The van der Waals surface area contributed by atoms with E-state index in [1.807, 2.05) is 36.4 Å². The summed E-state index contributed by atoms with van der Waals surface area (Å²) in [6, 6.07) is 16.1. The summed E-state index contributed by atoms with van der Waals surface area (Å²) in [4.78, 5) is 4.74. The zero-order valence-corrected chi connectivity index (χ0v) is 12.1. The fraction of sp³-hybridized carbons (Fsp3) is 0.250. The lowest BCUT2D eigenvalue weighted by atomic mass is 10.2. The van der Waals surface area contributed by atoms with Crippen LogP contribution >= 0.6 is 11.6 Å². The van der Waals surface area contributed by atoms with Crippen LogP contribution in [-0.2, 0) is 0 Å². The van der Waals surface area contributed by atoms with Gasteiger partial charge in [-0.25, -0.2) is 0 Å². The summed E-state index contributed by atoms with van der Waals surface area (Å²) in [6.07, 6.45) is 0. The topological polar surface area (TPSA) is 32.5 Å². The molecule has 2 aromatic rings. The molecule has 1 heterocycles. The number of nitrogen functional groups attached to an aromatic ring is 1. The molecule has 4 heteroatoms. The SMILES string of the molecule is Nc1cccc(N2CCN(c3cccc(Cl)c3)CC2)c1. The Kier molecular flexibility index (Phi) is 3.70. The van der Waals surface area contributed by atoms with Crippen LogP contribution in [0.4, 0.5) is 17.1 Å². The van der Waals surface area contributed by atoms with Crippen LogP contribution in [0.1, 0.15) is 0 Å². The number of nitrogens with two attached hydrogens (primary N) is 1. The van der Waals surface area contributed by atoms with Gasteiger partial charge in [0.25, 0.3) is 0 Å². The minimum atomic E-state index is 0.792. The highest BCUT2D eigenvalue weighted by atomic mass is 35.5. The van der Waals surface area contributed by atoms with Gasteiger partial charge in [-0.05, 0) is 36.4 Å². The zero-order chi connectivity index (χ0) is 13.9. The summed E-state index contributed by atoms with van der Waals surface area (Å²) in [5, 5.41) is 0.792. The molecule has 1 aliphatic rings. The summed E-state index contributed by atoms with van der Waals surface area (Å²) in [5.41, 5.74) is 9.07. The molecule has 0 aromatic heterocycles. The normalized spacial score (nSPS) is 15.4. The van der Waals surface area contributed by atoms with Gasteiger partial charge in [0, 0.05) is 48.3 Å². The Labute approximate surface area is 124 Å². The first-order chi connectivity index (χ1) is 9.72. The van der Waals surface area contributed by atoms with Gasteiger partial charge < -0.3 is 15.5 Å². The molecule has 104 valence electrons. The summed E-state index contributed by atoms with van der Waals surface area (Å²) in [7, 11) is 0. The average molecular weight is 288 g/mol. The third kappa shape index (κ3) is 2.83. The molecule has 3 nitrogen and oxygen atoms in total. The minimum Gasteiger partial charge on any atom is -0.399 e. The van der Waals surface area contributed by atoms with Crippen molar-refractivity contribution in [2.24, 2.45) is 0 Å². The van der Waals surface area contributed by atoms with Gasteiger partial charge in [-0.3, -0.25) is 0 Å². The van der Waals surface area contributed by atoms with E-state index >= 15 is 0 Å². The van der Waals surface area contributed by atoms with Crippen molar-refractivity contribution in [3.63, 3.8) is 0 Å². The summed E-state index contributed by atoms with van der Waals surface area (Å²) in [6.45, 7) is 3.98. The second-order valence-corrected chi connectivity index (χ2v) is 5.49. The number of benzene rings is 2. The molecule has 20 heavy (non-hydrogen) atoms. The molecular formula is C16H18ClN3. The van der Waals surface area contributed by atoms with Crippen LogP contribution in [0.3, 0.4) is 0 Å². The van der Waals surface area contributed by atoms with E-state index in [2.05, 4.69) is 21.9 Å². The van der Waals surface area contributed by atoms with E-state index < -0.39 is 0 Å². The first-order valence-corrected chi connectivity index (χ1v) is 7.21.